The second-order valence-electron chi connectivity index (χ2n) is 6.57. The van der Waals surface area contributed by atoms with Crippen molar-refractivity contribution in [2.75, 3.05) is 20.0 Å². The number of fused-ring (bicyclic) bond motifs is 1. The number of rotatable bonds is 5. The second-order valence-corrected chi connectivity index (χ2v) is 8.41. The molecule has 1 aromatic heterocycles. The number of pyridine rings is 1. The van der Waals surface area contributed by atoms with Gasteiger partial charge in [-0.05, 0) is 40.5 Å². The Bertz CT molecular complexity index is 862. The van der Waals surface area contributed by atoms with Crippen molar-refractivity contribution in [2.24, 2.45) is 4.99 Å². The van der Waals surface area contributed by atoms with Crippen LogP contribution in [0.5, 0.6) is 11.5 Å². The molecule has 1 saturated heterocycles. The molecule has 2 aromatic rings. The van der Waals surface area contributed by atoms with Crippen molar-refractivity contribution >= 4 is 32.9 Å². The van der Waals surface area contributed by atoms with Crippen molar-refractivity contribution in [3.05, 3.63) is 52.3 Å². The third kappa shape index (κ3) is 3.21. The highest BCUT2D eigenvalue weighted by atomic mass is 79.9. The molecule has 2 aliphatic rings. The zero-order chi connectivity index (χ0) is 19.0. The van der Waals surface area contributed by atoms with E-state index in [1.54, 1.807) is 14.2 Å². The molecule has 1 aromatic carbocycles. The summed E-state index contributed by atoms with van der Waals surface area (Å²) in [4.78, 5) is 12.1. The first-order valence-electron chi connectivity index (χ1n) is 8.99. The van der Waals surface area contributed by atoms with Gasteiger partial charge in [-0.15, -0.1) is 0 Å². The molecular formula is C20H22BrN3O2S. The Morgan fingerprint density at radius 1 is 1.22 bits per heavy atom. The first kappa shape index (κ1) is 18.6. The van der Waals surface area contributed by atoms with Crippen LogP contribution < -0.4 is 9.47 Å². The fraction of sp³-hybridized carbons (Fsp3) is 0.400. The summed E-state index contributed by atoms with van der Waals surface area (Å²) in [7, 11) is 3.37. The molecule has 0 N–H and O–H groups in total. The maximum absolute atomic E-state index is 5.75. The second kappa shape index (κ2) is 7.72. The molecule has 2 aliphatic heterocycles. The summed E-state index contributed by atoms with van der Waals surface area (Å²) >= 11 is 5.48. The molecule has 142 valence electrons. The van der Waals surface area contributed by atoms with Crippen molar-refractivity contribution in [1.82, 2.24) is 9.88 Å². The van der Waals surface area contributed by atoms with Gasteiger partial charge in [0, 0.05) is 29.6 Å². The van der Waals surface area contributed by atoms with Gasteiger partial charge in [-0.2, -0.15) is 0 Å². The first-order valence-corrected chi connectivity index (χ1v) is 10.8. The largest absolute Gasteiger partial charge is 0.496 e. The summed E-state index contributed by atoms with van der Waals surface area (Å²) in [6, 6.07) is 10.5. The predicted molar refractivity (Wildman–Crippen MR) is 113 cm³/mol. The molecule has 1 fully saturated rings. The van der Waals surface area contributed by atoms with Crippen molar-refractivity contribution in [2.45, 2.75) is 31.5 Å². The quantitative estimate of drug-likeness (QED) is 0.655. The van der Waals surface area contributed by atoms with Crippen LogP contribution in [0.3, 0.4) is 0 Å². The fourth-order valence-electron chi connectivity index (χ4n) is 3.80. The molecule has 5 nitrogen and oxygen atoms in total. The molecular weight excluding hydrogens is 426 g/mol. The average molecular weight is 448 g/mol. The average Bonchev–Trinajstić information content (AvgIpc) is 3.27. The van der Waals surface area contributed by atoms with Gasteiger partial charge in [0.25, 0.3) is 0 Å². The Balaban J connectivity index is 1.86. The van der Waals surface area contributed by atoms with Gasteiger partial charge in [-0.3, -0.25) is 9.98 Å². The standard InChI is InChI=1S/C20H22BrN3O2S/c1-4-12-11-27-20-23-18(15-7-5-6-8-22-15)19(24(12)20)13-9-14(21)17(26-3)10-16(13)25-2/h5-10,12,18-19H,4,11H2,1-3H3/t12-,18+,19-/m1/s1. The van der Waals surface area contributed by atoms with Crippen molar-refractivity contribution in [3.8, 4) is 11.5 Å². The number of aliphatic imine (C=N–C) groups is 1. The van der Waals surface area contributed by atoms with E-state index in [0.29, 0.717) is 6.04 Å². The maximum atomic E-state index is 5.75. The molecule has 3 heterocycles. The van der Waals surface area contributed by atoms with Gasteiger partial charge >= 0.3 is 0 Å². The molecule has 0 aliphatic carbocycles. The van der Waals surface area contributed by atoms with Gasteiger partial charge in [0.2, 0.25) is 0 Å². The number of hydrogen-bond donors (Lipinski definition) is 0. The number of thioether (sulfide) groups is 1. The molecule has 0 bridgehead atoms. The Labute approximate surface area is 172 Å². The van der Waals surface area contributed by atoms with E-state index in [9.17, 15) is 0 Å². The van der Waals surface area contributed by atoms with Gasteiger partial charge in [-0.1, -0.05) is 24.8 Å². The molecule has 0 unspecified atom stereocenters. The van der Waals surface area contributed by atoms with Gasteiger partial charge in [0.05, 0.1) is 30.4 Å². The van der Waals surface area contributed by atoms with Crippen LogP contribution in [0.4, 0.5) is 0 Å². The number of hydrogen-bond acceptors (Lipinski definition) is 6. The van der Waals surface area contributed by atoms with Crippen molar-refractivity contribution < 1.29 is 9.47 Å². The van der Waals surface area contributed by atoms with Crippen LogP contribution in [-0.4, -0.2) is 41.1 Å². The summed E-state index contributed by atoms with van der Waals surface area (Å²) < 4.78 is 12.1. The highest BCUT2D eigenvalue weighted by molar-refractivity contribution is 9.10. The van der Waals surface area contributed by atoms with E-state index in [0.717, 1.165) is 44.6 Å². The van der Waals surface area contributed by atoms with Crippen LogP contribution in [-0.2, 0) is 0 Å². The minimum atomic E-state index is -0.0581. The lowest BCUT2D eigenvalue weighted by atomic mass is 9.94. The molecule has 0 saturated carbocycles. The summed E-state index contributed by atoms with van der Waals surface area (Å²) in [6.07, 6.45) is 2.92. The lowest BCUT2D eigenvalue weighted by Crippen LogP contribution is -2.35. The first-order chi connectivity index (χ1) is 13.2. The Morgan fingerprint density at radius 3 is 2.70 bits per heavy atom. The van der Waals surface area contributed by atoms with E-state index in [4.69, 9.17) is 14.5 Å². The number of aromatic nitrogens is 1. The number of nitrogens with zero attached hydrogens (tertiary/aromatic N) is 3. The monoisotopic (exact) mass is 447 g/mol. The van der Waals surface area contributed by atoms with Crippen molar-refractivity contribution in [3.63, 3.8) is 0 Å². The molecule has 0 radical (unpaired) electrons. The maximum Gasteiger partial charge on any atom is 0.160 e. The summed E-state index contributed by atoms with van der Waals surface area (Å²) in [5.74, 6) is 2.64. The fourth-order valence-corrected chi connectivity index (χ4v) is 5.66. The van der Waals surface area contributed by atoms with Crippen LogP contribution in [0, 0.1) is 0 Å². The predicted octanol–water partition coefficient (Wildman–Crippen LogP) is 4.84. The number of amidine groups is 1. The zero-order valence-electron chi connectivity index (χ0n) is 15.6. The van der Waals surface area contributed by atoms with Crippen LogP contribution in [0.2, 0.25) is 0 Å². The third-order valence-corrected chi connectivity index (χ3v) is 6.90. The van der Waals surface area contributed by atoms with Gasteiger partial charge < -0.3 is 14.4 Å². The van der Waals surface area contributed by atoms with Gasteiger partial charge in [0.1, 0.15) is 17.5 Å². The molecule has 0 spiro atoms. The topological polar surface area (TPSA) is 47.0 Å². The van der Waals surface area contributed by atoms with E-state index in [1.165, 1.54) is 0 Å². The van der Waals surface area contributed by atoms with Crippen LogP contribution >= 0.6 is 27.7 Å². The molecule has 7 heteroatoms. The summed E-state index contributed by atoms with van der Waals surface area (Å²) in [5.41, 5.74) is 2.08. The van der Waals surface area contributed by atoms with Crippen LogP contribution in [0.25, 0.3) is 0 Å². The van der Waals surface area contributed by atoms with Crippen molar-refractivity contribution in [1.29, 1.82) is 0 Å². The smallest absolute Gasteiger partial charge is 0.160 e. The lowest BCUT2D eigenvalue weighted by Gasteiger charge is -2.33. The Morgan fingerprint density at radius 2 is 2.04 bits per heavy atom. The van der Waals surface area contributed by atoms with E-state index in [2.05, 4.69) is 44.9 Å². The highest BCUT2D eigenvalue weighted by Gasteiger charge is 2.46. The normalized spacial score (nSPS) is 23.9. The number of methoxy groups -OCH3 is 2. The summed E-state index contributed by atoms with van der Waals surface area (Å²) in [6.45, 7) is 2.24. The minimum absolute atomic E-state index is 0.0482. The van der Waals surface area contributed by atoms with E-state index >= 15 is 0 Å². The zero-order valence-corrected chi connectivity index (χ0v) is 18.0. The SMILES string of the molecule is CC[C@@H]1CSC2=N[C@@H](c3ccccn3)[C@@H](c3cc(Br)c(OC)cc3OC)N21. The molecule has 3 atom stereocenters. The number of halogens is 1. The third-order valence-electron chi connectivity index (χ3n) is 5.15. The van der Waals surface area contributed by atoms with Crippen LogP contribution in [0.15, 0.2) is 46.0 Å². The van der Waals surface area contributed by atoms with Gasteiger partial charge in [-0.25, -0.2) is 0 Å². The summed E-state index contributed by atoms with van der Waals surface area (Å²) in [5, 5.41) is 1.11. The van der Waals surface area contributed by atoms with E-state index < -0.39 is 0 Å². The number of benzene rings is 1. The highest BCUT2D eigenvalue weighted by Crippen LogP contribution is 2.51. The molecule has 0 amide bonds. The van der Waals surface area contributed by atoms with E-state index in [-0.39, 0.29) is 12.1 Å². The Kier molecular flexibility index (Phi) is 5.32. The van der Waals surface area contributed by atoms with Crippen LogP contribution in [0.1, 0.15) is 36.7 Å². The van der Waals surface area contributed by atoms with Gasteiger partial charge in [0.15, 0.2) is 5.17 Å². The Hall–Kier alpha value is -1.73. The van der Waals surface area contributed by atoms with E-state index in [1.807, 2.05) is 36.2 Å². The number of ether oxygens (including phenoxy) is 2. The lowest BCUT2D eigenvalue weighted by molar-refractivity contribution is 0.248. The minimum Gasteiger partial charge on any atom is -0.496 e. The molecule has 4 rings (SSSR count). The molecule has 27 heavy (non-hydrogen) atoms.